The van der Waals surface area contributed by atoms with Crippen LogP contribution in [-0.4, -0.2) is 21.6 Å². The maximum Gasteiger partial charge on any atom is 0.199 e. The molecule has 3 aromatic rings. The second kappa shape index (κ2) is 6.46. The summed E-state index contributed by atoms with van der Waals surface area (Å²) in [5, 5.41) is 18.9. The Hall–Kier alpha value is -3.18. The standard InChI is InChI=1S/C23H23N3O2/c1-3-23(25,4-2)14-11-9-13(10-12-14)20-18-17(22(28)26-20)19(24)15-7-5-6-8-16(15)21(18)27/h5-12,24,26,28H,3-4,25H2,1-2H3. The minimum Gasteiger partial charge on any atom is -0.494 e. The normalized spacial score (nSPS) is 13.4. The highest BCUT2D eigenvalue weighted by Gasteiger charge is 2.34. The summed E-state index contributed by atoms with van der Waals surface area (Å²) >= 11 is 0. The van der Waals surface area contributed by atoms with E-state index in [0.29, 0.717) is 22.4 Å². The van der Waals surface area contributed by atoms with Crippen LogP contribution in [-0.2, 0) is 5.54 Å². The maximum absolute atomic E-state index is 13.1. The minimum absolute atomic E-state index is 0.153. The molecule has 0 unspecified atom stereocenters. The van der Waals surface area contributed by atoms with Gasteiger partial charge >= 0.3 is 0 Å². The van der Waals surface area contributed by atoms with E-state index in [2.05, 4.69) is 18.8 Å². The Kier molecular flexibility index (Phi) is 4.20. The smallest absolute Gasteiger partial charge is 0.199 e. The van der Waals surface area contributed by atoms with Gasteiger partial charge in [0.2, 0.25) is 0 Å². The van der Waals surface area contributed by atoms with Crippen LogP contribution in [0.1, 0.15) is 59.3 Å². The fourth-order valence-electron chi connectivity index (χ4n) is 3.97. The molecule has 0 radical (unpaired) electrons. The lowest BCUT2D eigenvalue weighted by atomic mass is 9.83. The van der Waals surface area contributed by atoms with Crippen molar-refractivity contribution in [3.63, 3.8) is 0 Å². The third-order valence-corrected chi connectivity index (χ3v) is 5.91. The number of ketones is 1. The monoisotopic (exact) mass is 373 g/mol. The molecule has 5 nitrogen and oxygen atoms in total. The van der Waals surface area contributed by atoms with Crippen LogP contribution in [0, 0.1) is 5.41 Å². The van der Waals surface area contributed by atoms with Crippen molar-refractivity contribution in [3.05, 3.63) is 76.3 Å². The quantitative estimate of drug-likeness (QED) is 0.428. The zero-order chi connectivity index (χ0) is 20.1. The molecule has 0 fully saturated rings. The number of H-pyrrole nitrogens is 1. The highest BCUT2D eigenvalue weighted by atomic mass is 16.3. The highest BCUT2D eigenvalue weighted by Crippen LogP contribution is 2.39. The third-order valence-electron chi connectivity index (χ3n) is 5.91. The van der Waals surface area contributed by atoms with Gasteiger partial charge < -0.3 is 15.8 Å². The van der Waals surface area contributed by atoms with Gasteiger partial charge in [-0.2, -0.15) is 0 Å². The Labute approximate surface area is 163 Å². The Morgan fingerprint density at radius 3 is 2.21 bits per heavy atom. The molecule has 0 saturated carbocycles. The summed E-state index contributed by atoms with van der Waals surface area (Å²) in [5.41, 5.74) is 10.2. The summed E-state index contributed by atoms with van der Waals surface area (Å²) < 4.78 is 0. The lowest BCUT2D eigenvalue weighted by Gasteiger charge is -2.27. The molecule has 0 atom stereocenters. The molecule has 5 N–H and O–H groups in total. The van der Waals surface area contributed by atoms with E-state index in [4.69, 9.17) is 11.1 Å². The summed E-state index contributed by atoms with van der Waals surface area (Å²) in [5.74, 6) is -0.343. The summed E-state index contributed by atoms with van der Waals surface area (Å²) in [6, 6.07) is 14.8. The Bertz CT molecular complexity index is 1090. The first kappa shape index (κ1) is 18.2. The van der Waals surface area contributed by atoms with Crippen LogP contribution >= 0.6 is 0 Å². The molecular weight excluding hydrogens is 350 g/mol. The fourth-order valence-corrected chi connectivity index (χ4v) is 3.97. The average Bonchev–Trinajstić information content (AvgIpc) is 3.09. The van der Waals surface area contributed by atoms with Crippen LogP contribution in [0.15, 0.2) is 48.5 Å². The number of fused-ring (bicyclic) bond motifs is 2. The number of hydrogen-bond acceptors (Lipinski definition) is 4. The van der Waals surface area contributed by atoms with E-state index in [1.54, 1.807) is 24.3 Å². The first-order valence-electron chi connectivity index (χ1n) is 9.49. The van der Waals surface area contributed by atoms with Gasteiger partial charge in [-0.15, -0.1) is 0 Å². The van der Waals surface area contributed by atoms with Crippen molar-refractivity contribution in [3.8, 4) is 17.1 Å². The molecule has 1 heterocycles. The van der Waals surface area contributed by atoms with Gasteiger partial charge in [-0.1, -0.05) is 62.4 Å². The number of hydrogen-bond donors (Lipinski definition) is 4. The molecule has 2 aromatic carbocycles. The lowest BCUT2D eigenvalue weighted by Crippen LogP contribution is -2.34. The number of nitrogens with one attached hydrogen (secondary N) is 2. The first-order chi connectivity index (χ1) is 13.4. The van der Waals surface area contributed by atoms with Crippen LogP contribution in [0.2, 0.25) is 0 Å². The van der Waals surface area contributed by atoms with Crippen molar-refractivity contribution >= 4 is 11.5 Å². The summed E-state index contributed by atoms with van der Waals surface area (Å²) in [6.45, 7) is 4.14. The van der Waals surface area contributed by atoms with E-state index in [0.717, 1.165) is 24.0 Å². The van der Waals surface area contributed by atoms with Gasteiger partial charge in [-0.25, -0.2) is 0 Å². The summed E-state index contributed by atoms with van der Waals surface area (Å²) in [6.07, 6.45) is 1.65. The van der Waals surface area contributed by atoms with Crippen molar-refractivity contribution < 1.29 is 9.90 Å². The summed E-state index contributed by atoms with van der Waals surface area (Å²) in [7, 11) is 0. The number of rotatable bonds is 4. The molecular formula is C23H23N3O2. The van der Waals surface area contributed by atoms with E-state index >= 15 is 0 Å². The van der Waals surface area contributed by atoms with Crippen LogP contribution in [0.5, 0.6) is 5.88 Å². The van der Waals surface area contributed by atoms with E-state index in [1.165, 1.54) is 0 Å². The van der Waals surface area contributed by atoms with Crippen molar-refractivity contribution in [2.45, 2.75) is 32.2 Å². The number of aromatic hydroxyl groups is 1. The second-order valence-electron chi connectivity index (χ2n) is 7.29. The fraction of sp³-hybridized carbons (Fsp3) is 0.217. The van der Waals surface area contributed by atoms with E-state index in [1.807, 2.05) is 24.3 Å². The molecule has 0 bridgehead atoms. The Balaban J connectivity index is 1.84. The first-order valence-corrected chi connectivity index (χ1v) is 9.49. The van der Waals surface area contributed by atoms with Gasteiger partial charge in [0.05, 0.1) is 22.5 Å². The molecule has 0 amide bonds. The van der Waals surface area contributed by atoms with Crippen LogP contribution in [0.25, 0.3) is 11.3 Å². The highest BCUT2D eigenvalue weighted by molar-refractivity contribution is 6.31. The topological polar surface area (TPSA) is 103 Å². The number of aromatic amines is 1. The number of carbonyl (C=O) groups is 1. The van der Waals surface area contributed by atoms with Gasteiger partial charge in [-0.3, -0.25) is 10.2 Å². The van der Waals surface area contributed by atoms with E-state index < -0.39 is 0 Å². The molecule has 5 heteroatoms. The second-order valence-corrected chi connectivity index (χ2v) is 7.29. The SMILES string of the molecule is CCC(N)(CC)c1ccc(-c2[nH]c(O)c3c2C(=O)c2ccccc2C3=N)cc1. The van der Waals surface area contributed by atoms with Crippen LogP contribution in [0.4, 0.5) is 0 Å². The van der Waals surface area contributed by atoms with Crippen molar-refractivity contribution in [2.75, 3.05) is 0 Å². The van der Waals surface area contributed by atoms with Gasteiger partial charge in [0.15, 0.2) is 11.7 Å². The van der Waals surface area contributed by atoms with Crippen molar-refractivity contribution in [1.29, 1.82) is 5.41 Å². The van der Waals surface area contributed by atoms with Gasteiger partial charge in [0, 0.05) is 16.7 Å². The molecule has 1 aliphatic rings. The predicted octanol–water partition coefficient (Wildman–Crippen LogP) is 4.32. The van der Waals surface area contributed by atoms with Gasteiger partial charge in [-0.05, 0) is 24.0 Å². The predicted molar refractivity (Wildman–Crippen MR) is 110 cm³/mol. The maximum atomic E-state index is 13.1. The molecule has 28 heavy (non-hydrogen) atoms. The molecule has 142 valence electrons. The molecule has 4 rings (SSSR count). The van der Waals surface area contributed by atoms with Gasteiger partial charge in [0.1, 0.15) is 0 Å². The zero-order valence-corrected chi connectivity index (χ0v) is 16.0. The number of benzene rings is 2. The van der Waals surface area contributed by atoms with Gasteiger partial charge in [0.25, 0.3) is 0 Å². The van der Waals surface area contributed by atoms with Crippen LogP contribution < -0.4 is 5.73 Å². The molecule has 0 saturated heterocycles. The third kappa shape index (κ3) is 2.51. The largest absolute Gasteiger partial charge is 0.494 e. The summed E-state index contributed by atoms with van der Waals surface area (Å²) in [4.78, 5) is 16.0. The van der Waals surface area contributed by atoms with Crippen LogP contribution in [0.3, 0.4) is 0 Å². The average molecular weight is 373 g/mol. The molecule has 1 aliphatic carbocycles. The number of carbonyl (C=O) groups excluding carboxylic acids is 1. The molecule has 0 aliphatic heterocycles. The number of aromatic nitrogens is 1. The van der Waals surface area contributed by atoms with E-state index in [-0.39, 0.29) is 28.5 Å². The lowest BCUT2D eigenvalue weighted by molar-refractivity contribution is 0.103. The number of nitrogens with two attached hydrogens (primary N) is 1. The van der Waals surface area contributed by atoms with E-state index in [9.17, 15) is 9.90 Å². The molecule has 0 spiro atoms. The Morgan fingerprint density at radius 1 is 1.00 bits per heavy atom. The van der Waals surface area contributed by atoms with Crippen molar-refractivity contribution in [1.82, 2.24) is 4.98 Å². The molecule has 1 aromatic heterocycles. The Morgan fingerprint density at radius 2 is 1.61 bits per heavy atom. The van der Waals surface area contributed by atoms with Crippen molar-refractivity contribution in [2.24, 2.45) is 5.73 Å². The zero-order valence-electron chi connectivity index (χ0n) is 16.0. The minimum atomic E-state index is -0.382.